The molecule has 5 rings (SSSR count). The number of hydrogen-bond acceptors (Lipinski definition) is 6. The first kappa shape index (κ1) is 26.7. The van der Waals surface area contributed by atoms with Crippen LogP contribution in [-0.2, 0) is 7.05 Å². The van der Waals surface area contributed by atoms with E-state index in [1.807, 2.05) is 7.05 Å². The highest BCUT2D eigenvalue weighted by Gasteiger charge is 2.25. The number of benzene rings is 1. The lowest BCUT2D eigenvalue weighted by Gasteiger charge is -2.33. The molecular formula is C28H33ClFN5O2. The molecule has 3 aromatic rings. The smallest absolute Gasteiger partial charge is 0.270 e. The van der Waals surface area contributed by atoms with Crippen molar-refractivity contribution in [1.29, 1.82) is 5.26 Å². The molecule has 0 spiro atoms. The third-order valence-electron chi connectivity index (χ3n) is 7.21. The van der Waals surface area contributed by atoms with Crippen LogP contribution in [0.25, 0.3) is 11.0 Å². The predicted octanol–water partition coefficient (Wildman–Crippen LogP) is 5.88. The number of nitriles is 1. The van der Waals surface area contributed by atoms with Gasteiger partial charge in [0.2, 0.25) is 0 Å². The predicted molar refractivity (Wildman–Crippen MR) is 146 cm³/mol. The Balaban J connectivity index is 0.000000195. The maximum atomic E-state index is 13.0. The molecule has 2 aliphatic carbocycles. The van der Waals surface area contributed by atoms with Gasteiger partial charge in [0.05, 0.1) is 18.3 Å². The Hall–Kier alpha value is -3.31. The van der Waals surface area contributed by atoms with E-state index in [9.17, 15) is 14.4 Å². The second kappa shape index (κ2) is 11.8. The summed E-state index contributed by atoms with van der Waals surface area (Å²) in [4.78, 5) is 19.0. The Morgan fingerprint density at radius 2 is 1.95 bits per heavy atom. The molecule has 0 radical (unpaired) electrons. The first-order valence-electron chi connectivity index (χ1n) is 12.7. The molecule has 0 atom stereocenters. The number of fused-ring (bicyclic) bond motifs is 1. The Bertz CT molecular complexity index is 1360. The average molecular weight is 526 g/mol. The average Bonchev–Trinajstić information content (AvgIpc) is 3.75. The van der Waals surface area contributed by atoms with Crippen LogP contribution in [0.4, 0.5) is 15.8 Å². The van der Waals surface area contributed by atoms with Crippen LogP contribution in [0.3, 0.4) is 0 Å². The van der Waals surface area contributed by atoms with E-state index < -0.39 is 0 Å². The Morgan fingerprint density at radius 1 is 1.22 bits per heavy atom. The zero-order valence-corrected chi connectivity index (χ0v) is 22.3. The van der Waals surface area contributed by atoms with E-state index in [0.29, 0.717) is 33.7 Å². The van der Waals surface area contributed by atoms with Gasteiger partial charge < -0.3 is 19.5 Å². The van der Waals surface area contributed by atoms with Gasteiger partial charge in [-0.2, -0.15) is 5.26 Å². The van der Waals surface area contributed by atoms with Gasteiger partial charge in [0.15, 0.2) is 11.6 Å². The van der Waals surface area contributed by atoms with E-state index in [1.165, 1.54) is 49.8 Å². The van der Waals surface area contributed by atoms with Crippen molar-refractivity contribution < 1.29 is 9.13 Å². The van der Waals surface area contributed by atoms with E-state index in [0.717, 1.165) is 31.0 Å². The fourth-order valence-electron chi connectivity index (χ4n) is 4.82. The van der Waals surface area contributed by atoms with Gasteiger partial charge in [-0.3, -0.25) is 4.79 Å². The summed E-state index contributed by atoms with van der Waals surface area (Å²) in [6.45, 7) is 0.981. The number of rotatable bonds is 6. The molecule has 196 valence electrons. The minimum atomic E-state index is -0.315. The van der Waals surface area contributed by atoms with Crippen molar-refractivity contribution in [3.05, 3.63) is 57.2 Å². The van der Waals surface area contributed by atoms with Gasteiger partial charge in [0, 0.05) is 38.4 Å². The number of halogens is 2. The highest BCUT2D eigenvalue weighted by Crippen LogP contribution is 2.33. The number of pyridine rings is 2. The molecule has 0 bridgehead atoms. The number of aryl methyl sites for hydroxylation is 1. The number of methoxy groups -OCH3 is 1. The second-order valence-electron chi connectivity index (χ2n) is 9.78. The van der Waals surface area contributed by atoms with Crippen LogP contribution in [0.1, 0.15) is 50.5 Å². The van der Waals surface area contributed by atoms with Crippen molar-refractivity contribution in [2.75, 3.05) is 30.9 Å². The second-order valence-corrected chi connectivity index (χ2v) is 10.2. The third kappa shape index (κ3) is 6.16. The lowest BCUT2D eigenvalue weighted by molar-refractivity contribution is 0.387. The fourth-order valence-corrected chi connectivity index (χ4v) is 4.97. The highest BCUT2D eigenvalue weighted by molar-refractivity contribution is 6.29. The molecule has 0 unspecified atom stereocenters. The molecule has 2 saturated carbocycles. The van der Waals surface area contributed by atoms with Crippen molar-refractivity contribution in [3.8, 4) is 11.8 Å². The molecule has 0 aliphatic heterocycles. The van der Waals surface area contributed by atoms with Gasteiger partial charge in [0.25, 0.3) is 5.56 Å². The molecule has 2 heterocycles. The summed E-state index contributed by atoms with van der Waals surface area (Å²) in [7, 11) is 5.09. The number of aromatic nitrogens is 2. The monoisotopic (exact) mass is 525 g/mol. The summed E-state index contributed by atoms with van der Waals surface area (Å²) in [5.41, 5.74) is 2.69. The number of nitrogens with zero attached hydrogens (tertiary/aromatic N) is 4. The molecule has 2 aromatic heterocycles. The number of anilines is 2. The van der Waals surface area contributed by atoms with E-state index in [4.69, 9.17) is 16.3 Å². The molecule has 1 N–H and O–H groups in total. The van der Waals surface area contributed by atoms with Crippen LogP contribution in [0.5, 0.6) is 5.75 Å². The van der Waals surface area contributed by atoms with Crippen LogP contribution in [0.2, 0.25) is 5.15 Å². The molecule has 9 heteroatoms. The van der Waals surface area contributed by atoms with E-state index >= 15 is 0 Å². The molecule has 2 aliphatic rings. The van der Waals surface area contributed by atoms with E-state index in [-0.39, 0.29) is 16.9 Å². The Kier molecular flexibility index (Phi) is 8.55. The summed E-state index contributed by atoms with van der Waals surface area (Å²) in [6, 6.07) is 10.7. The molecule has 0 saturated heterocycles. The van der Waals surface area contributed by atoms with Crippen molar-refractivity contribution >= 4 is 34.0 Å². The molecular weight excluding hydrogens is 493 g/mol. The quantitative estimate of drug-likeness (QED) is 0.404. The largest absolute Gasteiger partial charge is 0.494 e. The zero-order chi connectivity index (χ0) is 26.5. The highest BCUT2D eigenvalue weighted by atomic mass is 35.5. The lowest BCUT2D eigenvalue weighted by Crippen LogP contribution is -2.36. The van der Waals surface area contributed by atoms with Crippen LogP contribution in [0, 0.1) is 23.1 Å². The van der Waals surface area contributed by atoms with Gasteiger partial charge in [-0.25, -0.2) is 9.37 Å². The van der Waals surface area contributed by atoms with Crippen LogP contribution in [-0.4, -0.2) is 36.3 Å². The van der Waals surface area contributed by atoms with Gasteiger partial charge in [-0.15, -0.1) is 0 Å². The molecule has 1 aromatic carbocycles. The number of ether oxygens (including phenoxy) is 1. The molecule has 0 amide bonds. The van der Waals surface area contributed by atoms with Gasteiger partial charge >= 0.3 is 0 Å². The van der Waals surface area contributed by atoms with Crippen molar-refractivity contribution in [1.82, 2.24) is 9.55 Å². The summed E-state index contributed by atoms with van der Waals surface area (Å²) in [5.74, 6) is 0.793. The molecule has 37 heavy (non-hydrogen) atoms. The third-order valence-corrected chi connectivity index (χ3v) is 7.42. The standard InChI is InChI=1S/C17H19ClN4O.C11H14FNO/c1-21(11-6-4-3-5-7-11)16-12(10-19)17(23)22(2)13-8-9-14(18)20-15(13)16;1-14-11-6-9(4-5-10(11)12)13-7-8-2-3-8/h8-9,11H,3-7H2,1-2H3;4-6,8,13H,2-3,7H2,1H3. The van der Waals surface area contributed by atoms with Crippen LogP contribution in [0.15, 0.2) is 35.1 Å². The summed E-state index contributed by atoms with van der Waals surface area (Å²) in [5, 5.41) is 13.2. The first-order valence-corrected chi connectivity index (χ1v) is 13.1. The maximum Gasteiger partial charge on any atom is 0.270 e. The van der Waals surface area contributed by atoms with Gasteiger partial charge in [0.1, 0.15) is 22.3 Å². The molecule has 2 fully saturated rings. The summed E-state index contributed by atoms with van der Waals surface area (Å²) < 4.78 is 19.4. The first-order chi connectivity index (χ1) is 17.8. The number of hydrogen-bond donors (Lipinski definition) is 1. The minimum absolute atomic E-state index is 0.142. The van der Waals surface area contributed by atoms with E-state index in [1.54, 1.807) is 31.3 Å². The Morgan fingerprint density at radius 3 is 2.59 bits per heavy atom. The topological polar surface area (TPSA) is 83.2 Å². The number of nitrogens with one attached hydrogen (secondary N) is 1. The zero-order valence-electron chi connectivity index (χ0n) is 21.6. The van der Waals surface area contributed by atoms with Crippen molar-refractivity contribution in [2.24, 2.45) is 13.0 Å². The Labute approximate surface area is 221 Å². The van der Waals surface area contributed by atoms with Crippen LogP contribution >= 0.6 is 11.6 Å². The SMILES string of the molecule is CN(c1c(C#N)c(=O)n(C)c2ccc(Cl)nc12)C1CCCCC1.COc1cc(NCC2CC2)ccc1F. The van der Waals surface area contributed by atoms with Gasteiger partial charge in [-0.1, -0.05) is 30.9 Å². The van der Waals surface area contributed by atoms with E-state index in [2.05, 4.69) is 21.3 Å². The summed E-state index contributed by atoms with van der Waals surface area (Å²) in [6.07, 6.45) is 8.35. The van der Waals surface area contributed by atoms with Crippen molar-refractivity contribution in [2.45, 2.75) is 51.0 Å². The fraction of sp³-hybridized carbons (Fsp3) is 0.464. The van der Waals surface area contributed by atoms with Crippen LogP contribution < -0.4 is 20.5 Å². The maximum absolute atomic E-state index is 13.0. The normalized spacial score (nSPS) is 15.5. The lowest BCUT2D eigenvalue weighted by atomic mass is 9.93. The summed E-state index contributed by atoms with van der Waals surface area (Å²) >= 11 is 6.07. The van der Waals surface area contributed by atoms with Gasteiger partial charge in [-0.05, 0) is 55.9 Å². The van der Waals surface area contributed by atoms with Crippen molar-refractivity contribution in [3.63, 3.8) is 0 Å². The minimum Gasteiger partial charge on any atom is -0.494 e. The molecule has 7 nitrogen and oxygen atoms in total.